The molecule has 0 radical (unpaired) electrons. The number of ether oxygens (including phenoxy) is 1. The molecule has 0 aromatic heterocycles. The van der Waals surface area contributed by atoms with Gasteiger partial charge in [-0.05, 0) is 41.3 Å². The molecule has 0 aliphatic rings. The van der Waals surface area contributed by atoms with E-state index >= 15 is 0 Å². The minimum absolute atomic E-state index is 0.00652. The highest BCUT2D eigenvalue weighted by atomic mass is 32.2. The van der Waals surface area contributed by atoms with Crippen LogP contribution in [-0.2, 0) is 15.5 Å². The third-order valence-electron chi connectivity index (χ3n) is 3.34. The first kappa shape index (κ1) is 17.3. The van der Waals surface area contributed by atoms with E-state index in [4.69, 9.17) is 10.6 Å². The zero-order valence-corrected chi connectivity index (χ0v) is 14.0. The standard InChI is InChI=1S/C16H20N2O4S/c1-16(2,3)11-4-7-13(8-5-11)22-14-9-6-12(18-17)10-15(14)23(19,20)21/h4-10,18H,17H2,1-3H3,(H,19,20,21). The van der Waals surface area contributed by atoms with E-state index in [1.54, 1.807) is 18.2 Å². The van der Waals surface area contributed by atoms with Crippen LogP contribution in [-0.4, -0.2) is 13.0 Å². The zero-order valence-electron chi connectivity index (χ0n) is 13.2. The Bertz CT molecular complexity index is 794. The molecule has 0 heterocycles. The molecule has 0 aliphatic heterocycles. The van der Waals surface area contributed by atoms with Crippen molar-refractivity contribution in [3.63, 3.8) is 0 Å². The number of nitrogens with two attached hydrogens (primary N) is 1. The molecule has 2 aromatic rings. The smallest absolute Gasteiger partial charge is 0.298 e. The minimum atomic E-state index is -4.44. The maximum Gasteiger partial charge on any atom is 0.298 e. The quantitative estimate of drug-likeness (QED) is 0.450. The number of hydrogen-bond acceptors (Lipinski definition) is 5. The average molecular weight is 336 g/mol. The monoisotopic (exact) mass is 336 g/mol. The van der Waals surface area contributed by atoms with E-state index in [9.17, 15) is 13.0 Å². The van der Waals surface area contributed by atoms with Gasteiger partial charge in [0, 0.05) is 0 Å². The Morgan fingerprint density at radius 1 is 1.09 bits per heavy atom. The van der Waals surface area contributed by atoms with Crippen molar-refractivity contribution in [1.82, 2.24) is 0 Å². The predicted molar refractivity (Wildman–Crippen MR) is 89.3 cm³/mol. The van der Waals surface area contributed by atoms with E-state index in [0.29, 0.717) is 11.4 Å². The van der Waals surface area contributed by atoms with Crippen molar-refractivity contribution in [1.29, 1.82) is 0 Å². The van der Waals surface area contributed by atoms with Gasteiger partial charge >= 0.3 is 0 Å². The average Bonchev–Trinajstić information content (AvgIpc) is 2.46. The molecule has 0 amide bonds. The lowest BCUT2D eigenvalue weighted by atomic mass is 9.87. The second-order valence-electron chi connectivity index (χ2n) is 6.16. The number of hydrazine groups is 1. The van der Waals surface area contributed by atoms with Crippen LogP contribution in [0.2, 0.25) is 0 Å². The summed E-state index contributed by atoms with van der Waals surface area (Å²) in [6, 6.07) is 11.5. The Balaban J connectivity index is 2.37. The molecule has 0 atom stereocenters. The van der Waals surface area contributed by atoms with Crippen molar-refractivity contribution in [3.8, 4) is 11.5 Å². The van der Waals surface area contributed by atoms with Crippen molar-refractivity contribution < 1.29 is 17.7 Å². The van der Waals surface area contributed by atoms with E-state index in [0.717, 1.165) is 5.56 Å². The number of benzene rings is 2. The second kappa shape index (κ2) is 6.19. The van der Waals surface area contributed by atoms with Crippen LogP contribution in [0.5, 0.6) is 11.5 Å². The van der Waals surface area contributed by atoms with Gasteiger partial charge in [0.05, 0.1) is 5.69 Å². The van der Waals surface area contributed by atoms with Crippen LogP contribution in [0.4, 0.5) is 5.69 Å². The molecule has 23 heavy (non-hydrogen) atoms. The number of nitrogen functional groups attached to an aromatic ring is 1. The Hall–Kier alpha value is -2.09. The van der Waals surface area contributed by atoms with Gasteiger partial charge in [-0.1, -0.05) is 32.9 Å². The van der Waals surface area contributed by atoms with Gasteiger partial charge in [0.1, 0.15) is 16.4 Å². The Kier molecular flexibility index (Phi) is 4.65. The number of hydrogen-bond donors (Lipinski definition) is 3. The summed E-state index contributed by atoms with van der Waals surface area (Å²) in [5.74, 6) is 5.75. The number of rotatable bonds is 4. The van der Waals surface area contributed by atoms with Gasteiger partial charge < -0.3 is 10.2 Å². The summed E-state index contributed by atoms with van der Waals surface area (Å²) in [6.45, 7) is 6.29. The van der Waals surface area contributed by atoms with Crippen LogP contribution >= 0.6 is 0 Å². The van der Waals surface area contributed by atoms with Crippen molar-refractivity contribution in [2.24, 2.45) is 5.84 Å². The largest absolute Gasteiger partial charge is 0.456 e. The van der Waals surface area contributed by atoms with Gasteiger partial charge in [0.2, 0.25) is 0 Å². The summed E-state index contributed by atoms with van der Waals surface area (Å²) in [6.07, 6.45) is 0. The van der Waals surface area contributed by atoms with E-state index in [1.807, 2.05) is 12.1 Å². The lowest BCUT2D eigenvalue weighted by Crippen LogP contribution is -2.10. The maximum absolute atomic E-state index is 11.5. The first-order valence-corrected chi connectivity index (χ1v) is 8.42. The van der Waals surface area contributed by atoms with Gasteiger partial charge in [-0.2, -0.15) is 8.42 Å². The summed E-state index contributed by atoms with van der Waals surface area (Å²) in [5, 5.41) is 0. The maximum atomic E-state index is 11.5. The Morgan fingerprint density at radius 3 is 2.17 bits per heavy atom. The summed E-state index contributed by atoms with van der Waals surface area (Å²) >= 11 is 0. The van der Waals surface area contributed by atoms with Crippen molar-refractivity contribution in [3.05, 3.63) is 48.0 Å². The lowest BCUT2D eigenvalue weighted by Gasteiger charge is -2.19. The molecular formula is C16H20N2O4S. The molecule has 7 heteroatoms. The molecule has 0 bridgehead atoms. The number of nitrogens with one attached hydrogen (secondary N) is 1. The third kappa shape index (κ3) is 4.22. The Morgan fingerprint density at radius 2 is 1.70 bits per heavy atom. The van der Waals surface area contributed by atoms with Gasteiger partial charge in [-0.3, -0.25) is 10.4 Å². The van der Waals surface area contributed by atoms with Crippen LogP contribution in [0, 0.1) is 0 Å². The summed E-state index contributed by atoms with van der Waals surface area (Å²) in [7, 11) is -4.44. The SMILES string of the molecule is CC(C)(C)c1ccc(Oc2ccc(NN)cc2S(=O)(=O)O)cc1. The fourth-order valence-corrected chi connectivity index (χ4v) is 2.67. The molecule has 4 N–H and O–H groups in total. The fourth-order valence-electron chi connectivity index (χ4n) is 2.03. The number of anilines is 1. The highest BCUT2D eigenvalue weighted by Crippen LogP contribution is 2.32. The zero-order chi connectivity index (χ0) is 17.3. The molecule has 0 aliphatic carbocycles. The van der Waals surface area contributed by atoms with Crippen molar-refractivity contribution in [2.75, 3.05) is 5.43 Å². The molecule has 2 rings (SSSR count). The Labute approximate surface area is 136 Å². The van der Waals surface area contributed by atoms with Crippen molar-refractivity contribution >= 4 is 15.8 Å². The van der Waals surface area contributed by atoms with E-state index < -0.39 is 10.1 Å². The normalized spacial score (nSPS) is 12.0. The van der Waals surface area contributed by atoms with Crippen LogP contribution in [0.15, 0.2) is 47.4 Å². The summed E-state index contributed by atoms with van der Waals surface area (Å²) < 4.78 is 37.9. The summed E-state index contributed by atoms with van der Waals surface area (Å²) in [5.41, 5.74) is 3.80. The minimum Gasteiger partial charge on any atom is -0.456 e. The highest BCUT2D eigenvalue weighted by Gasteiger charge is 2.19. The molecule has 0 spiro atoms. The molecule has 0 saturated carbocycles. The molecule has 6 nitrogen and oxygen atoms in total. The predicted octanol–water partition coefficient (Wildman–Crippen LogP) is 3.31. The van der Waals surface area contributed by atoms with Crippen LogP contribution < -0.4 is 16.0 Å². The van der Waals surface area contributed by atoms with E-state index in [1.165, 1.54) is 12.1 Å². The van der Waals surface area contributed by atoms with Gasteiger partial charge in [0.15, 0.2) is 0 Å². The van der Waals surface area contributed by atoms with Gasteiger partial charge in [-0.25, -0.2) is 0 Å². The van der Waals surface area contributed by atoms with Gasteiger partial charge in [0.25, 0.3) is 10.1 Å². The molecule has 2 aromatic carbocycles. The molecule has 124 valence electrons. The lowest BCUT2D eigenvalue weighted by molar-refractivity contribution is 0.449. The first-order chi connectivity index (χ1) is 10.6. The third-order valence-corrected chi connectivity index (χ3v) is 4.21. The van der Waals surface area contributed by atoms with E-state index in [2.05, 4.69) is 26.2 Å². The molecular weight excluding hydrogens is 316 g/mol. The van der Waals surface area contributed by atoms with Crippen LogP contribution in [0.1, 0.15) is 26.3 Å². The van der Waals surface area contributed by atoms with Crippen molar-refractivity contribution in [2.45, 2.75) is 31.1 Å². The first-order valence-electron chi connectivity index (χ1n) is 6.98. The van der Waals surface area contributed by atoms with Crippen LogP contribution in [0.25, 0.3) is 0 Å². The molecule has 0 saturated heterocycles. The summed E-state index contributed by atoms with van der Waals surface area (Å²) in [4.78, 5) is -0.354. The highest BCUT2D eigenvalue weighted by molar-refractivity contribution is 7.86. The van der Waals surface area contributed by atoms with E-state index in [-0.39, 0.29) is 16.1 Å². The molecule has 0 fully saturated rings. The van der Waals surface area contributed by atoms with Gasteiger partial charge in [-0.15, -0.1) is 0 Å². The van der Waals surface area contributed by atoms with Crippen LogP contribution in [0.3, 0.4) is 0 Å². The fraction of sp³-hybridized carbons (Fsp3) is 0.250. The molecule has 0 unspecified atom stereocenters. The topological polar surface area (TPSA) is 102 Å². The second-order valence-corrected chi connectivity index (χ2v) is 7.55.